The predicted octanol–water partition coefficient (Wildman–Crippen LogP) is 3.85. The van der Waals surface area contributed by atoms with Crippen LogP contribution in [0.4, 0.5) is 5.13 Å². The Morgan fingerprint density at radius 2 is 2.17 bits per heavy atom. The Labute approximate surface area is 154 Å². The zero-order valence-corrected chi connectivity index (χ0v) is 15.5. The maximum atomic E-state index is 12.1. The summed E-state index contributed by atoms with van der Waals surface area (Å²) < 4.78 is 5.43. The van der Waals surface area contributed by atoms with Crippen molar-refractivity contribution < 1.29 is 9.53 Å². The highest BCUT2D eigenvalue weighted by molar-refractivity contribution is 7.15. The van der Waals surface area contributed by atoms with Gasteiger partial charge in [-0.3, -0.25) is 15.0 Å². The lowest BCUT2D eigenvalue weighted by molar-refractivity contribution is -0.118. The zero-order valence-electron chi connectivity index (χ0n) is 13.1. The van der Waals surface area contributed by atoms with Crippen LogP contribution in [0.15, 0.2) is 18.2 Å². The van der Waals surface area contributed by atoms with Gasteiger partial charge in [0, 0.05) is 24.4 Å². The largest absolute Gasteiger partial charge is 0.481 e. The number of para-hydroxylation sites is 1. The molecule has 8 heteroatoms. The van der Waals surface area contributed by atoms with Crippen molar-refractivity contribution in [2.75, 3.05) is 25.0 Å². The predicted molar refractivity (Wildman–Crippen MR) is 97.4 cm³/mol. The summed E-state index contributed by atoms with van der Waals surface area (Å²) in [5.74, 6) is 0.0254. The molecule has 1 amide bonds. The summed E-state index contributed by atoms with van der Waals surface area (Å²) in [6, 6.07) is 5.04. The van der Waals surface area contributed by atoms with Crippen molar-refractivity contribution in [3.8, 4) is 5.75 Å². The molecule has 1 aliphatic rings. The monoisotopic (exact) mass is 385 g/mol. The Hall–Kier alpha value is -1.34. The fraction of sp³-hybridized carbons (Fsp3) is 0.375. The number of halogens is 2. The first-order valence-electron chi connectivity index (χ1n) is 7.64. The van der Waals surface area contributed by atoms with Gasteiger partial charge in [-0.05, 0) is 18.7 Å². The third kappa shape index (κ3) is 4.00. The molecule has 0 spiro atoms. The number of thiazole rings is 1. The molecular formula is C16H17Cl2N3O2S. The molecular weight excluding hydrogens is 369 g/mol. The summed E-state index contributed by atoms with van der Waals surface area (Å²) in [6.45, 7) is 4.89. The highest BCUT2D eigenvalue weighted by Gasteiger charge is 2.20. The number of amides is 1. The van der Waals surface area contributed by atoms with Gasteiger partial charge in [-0.1, -0.05) is 36.2 Å². The lowest BCUT2D eigenvalue weighted by Gasteiger charge is -2.23. The molecule has 0 saturated carbocycles. The van der Waals surface area contributed by atoms with Crippen LogP contribution in [0.25, 0.3) is 0 Å². The number of benzene rings is 1. The average molecular weight is 386 g/mol. The summed E-state index contributed by atoms with van der Waals surface area (Å²) in [5, 5.41) is 4.14. The van der Waals surface area contributed by atoms with E-state index < -0.39 is 0 Å². The molecule has 1 aromatic carbocycles. The first-order valence-corrected chi connectivity index (χ1v) is 9.21. The number of carbonyl (C=O) groups excluding carboxylic acids is 1. The van der Waals surface area contributed by atoms with E-state index in [4.69, 9.17) is 27.9 Å². The van der Waals surface area contributed by atoms with Gasteiger partial charge < -0.3 is 4.74 Å². The van der Waals surface area contributed by atoms with Gasteiger partial charge in [0.15, 0.2) is 17.5 Å². The van der Waals surface area contributed by atoms with Crippen LogP contribution in [0.3, 0.4) is 0 Å². The number of likely N-dealkylation sites (N-methyl/N-ethyl adjacent to an activating group) is 1. The molecule has 0 aliphatic carbocycles. The number of nitrogens with one attached hydrogen (secondary N) is 1. The number of nitrogens with zero attached hydrogens (tertiary/aromatic N) is 2. The van der Waals surface area contributed by atoms with Crippen LogP contribution < -0.4 is 10.1 Å². The Morgan fingerprint density at radius 3 is 2.88 bits per heavy atom. The molecule has 1 aromatic heterocycles. The van der Waals surface area contributed by atoms with E-state index in [0.29, 0.717) is 20.9 Å². The third-order valence-electron chi connectivity index (χ3n) is 3.77. The normalized spacial score (nSPS) is 14.3. The number of carbonyl (C=O) groups is 1. The van der Waals surface area contributed by atoms with Crippen molar-refractivity contribution in [2.45, 2.75) is 19.9 Å². The minimum Gasteiger partial charge on any atom is -0.481 e. The van der Waals surface area contributed by atoms with E-state index in [1.54, 1.807) is 18.2 Å². The maximum absolute atomic E-state index is 12.1. The number of aromatic nitrogens is 1. The van der Waals surface area contributed by atoms with Gasteiger partial charge in [0.2, 0.25) is 0 Å². The van der Waals surface area contributed by atoms with Crippen molar-refractivity contribution in [1.82, 2.24) is 9.88 Å². The molecule has 0 bridgehead atoms. The minimum atomic E-state index is -0.288. The minimum absolute atomic E-state index is 0.172. The van der Waals surface area contributed by atoms with E-state index in [1.165, 1.54) is 16.2 Å². The second-order valence-corrected chi connectivity index (χ2v) is 7.29. The zero-order chi connectivity index (χ0) is 17.1. The van der Waals surface area contributed by atoms with Crippen molar-refractivity contribution in [1.29, 1.82) is 0 Å². The molecule has 3 rings (SSSR count). The highest BCUT2D eigenvalue weighted by Crippen LogP contribution is 2.32. The van der Waals surface area contributed by atoms with Gasteiger partial charge in [-0.25, -0.2) is 4.98 Å². The highest BCUT2D eigenvalue weighted by atomic mass is 35.5. The molecule has 1 aliphatic heterocycles. The second kappa shape index (κ2) is 7.70. The van der Waals surface area contributed by atoms with Crippen LogP contribution in [0.2, 0.25) is 10.0 Å². The van der Waals surface area contributed by atoms with Gasteiger partial charge in [0.05, 0.1) is 15.7 Å². The van der Waals surface area contributed by atoms with E-state index in [0.717, 1.165) is 31.7 Å². The molecule has 24 heavy (non-hydrogen) atoms. The van der Waals surface area contributed by atoms with E-state index in [2.05, 4.69) is 22.1 Å². The molecule has 0 unspecified atom stereocenters. The van der Waals surface area contributed by atoms with Gasteiger partial charge in [0.1, 0.15) is 0 Å². The van der Waals surface area contributed by atoms with Crippen LogP contribution >= 0.6 is 34.5 Å². The van der Waals surface area contributed by atoms with Gasteiger partial charge in [-0.15, -0.1) is 11.3 Å². The lowest BCUT2D eigenvalue weighted by Crippen LogP contribution is -2.29. The summed E-state index contributed by atoms with van der Waals surface area (Å²) >= 11 is 13.5. The standard InChI is InChI=1S/C16H17Cl2N3O2S/c1-2-21-7-6-12-13(8-21)24-16(19-12)20-14(22)9-23-15-10(17)4-3-5-11(15)18/h3-5H,2,6-9H2,1H3,(H,19,20,22). The summed E-state index contributed by atoms with van der Waals surface area (Å²) in [7, 11) is 0. The maximum Gasteiger partial charge on any atom is 0.264 e. The molecule has 5 nitrogen and oxygen atoms in total. The fourth-order valence-corrected chi connectivity index (χ4v) is 4.06. The number of fused-ring (bicyclic) bond motifs is 1. The van der Waals surface area contributed by atoms with E-state index in [-0.39, 0.29) is 12.5 Å². The summed E-state index contributed by atoms with van der Waals surface area (Å²) in [6.07, 6.45) is 0.918. The van der Waals surface area contributed by atoms with Gasteiger partial charge >= 0.3 is 0 Å². The number of hydrogen-bond donors (Lipinski definition) is 1. The van der Waals surface area contributed by atoms with Crippen LogP contribution in [-0.4, -0.2) is 35.5 Å². The fourth-order valence-electron chi connectivity index (χ4n) is 2.49. The first kappa shape index (κ1) is 17.5. The van der Waals surface area contributed by atoms with Crippen LogP contribution in [-0.2, 0) is 17.8 Å². The number of ether oxygens (including phenoxy) is 1. The molecule has 2 heterocycles. The molecule has 128 valence electrons. The van der Waals surface area contributed by atoms with Crippen LogP contribution in [0.1, 0.15) is 17.5 Å². The Bertz CT molecular complexity index is 731. The molecule has 0 atom stereocenters. The van der Waals surface area contributed by atoms with E-state index >= 15 is 0 Å². The van der Waals surface area contributed by atoms with E-state index in [1.807, 2.05) is 0 Å². The SMILES string of the molecule is CCN1CCc2nc(NC(=O)COc3c(Cl)cccc3Cl)sc2C1. The van der Waals surface area contributed by atoms with Crippen molar-refractivity contribution in [2.24, 2.45) is 0 Å². The number of hydrogen-bond acceptors (Lipinski definition) is 5. The quantitative estimate of drug-likeness (QED) is 0.848. The van der Waals surface area contributed by atoms with Crippen molar-refractivity contribution in [3.05, 3.63) is 38.8 Å². The van der Waals surface area contributed by atoms with Crippen LogP contribution in [0.5, 0.6) is 5.75 Å². The Kier molecular flexibility index (Phi) is 5.61. The van der Waals surface area contributed by atoms with Crippen LogP contribution in [0, 0.1) is 0 Å². The smallest absolute Gasteiger partial charge is 0.264 e. The Balaban J connectivity index is 1.59. The second-order valence-electron chi connectivity index (χ2n) is 5.40. The topological polar surface area (TPSA) is 54.5 Å². The first-order chi connectivity index (χ1) is 11.6. The molecule has 0 saturated heterocycles. The lowest BCUT2D eigenvalue weighted by atomic mass is 10.2. The Morgan fingerprint density at radius 1 is 1.42 bits per heavy atom. The number of rotatable bonds is 5. The third-order valence-corrected chi connectivity index (χ3v) is 5.36. The number of anilines is 1. The van der Waals surface area contributed by atoms with E-state index in [9.17, 15) is 4.79 Å². The average Bonchev–Trinajstić information content (AvgIpc) is 2.95. The molecule has 0 radical (unpaired) electrons. The molecule has 0 fully saturated rings. The molecule has 2 aromatic rings. The van der Waals surface area contributed by atoms with Gasteiger partial charge in [0.25, 0.3) is 5.91 Å². The molecule has 1 N–H and O–H groups in total. The summed E-state index contributed by atoms with van der Waals surface area (Å²) in [5.41, 5.74) is 1.08. The van der Waals surface area contributed by atoms with Crippen molar-refractivity contribution >= 4 is 45.6 Å². The van der Waals surface area contributed by atoms with Crippen molar-refractivity contribution in [3.63, 3.8) is 0 Å². The van der Waals surface area contributed by atoms with Gasteiger partial charge in [-0.2, -0.15) is 0 Å². The summed E-state index contributed by atoms with van der Waals surface area (Å²) in [4.78, 5) is 20.1.